The summed E-state index contributed by atoms with van der Waals surface area (Å²) in [6, 6.07) is 20.8. The molecule has 272 valence electrons. The van der Waals surface area contributed by atoms with Gasteiger partial charge in [0, 0.05) is 56.1 Å². The number of rotatable bonds is 16. The Kier molecular flexibility index (Phi) is 13.1. The third-order valence-corrected chi connectivity index (χ3v) is 9.09. The van der Waals surface area contributed by atoms with E-state index in [9.17, 15) is 22.0 Å². The fraction of sp³-hybridized carbons (Fsp3) is 0.324. The molecular weight excluding hydrogens is 702 g/mol. The average molecular weight is 743 g/mol. The molecule has 0 atom stereocenters. The molecule has 2 N–H and O–H groups in total. The standard InChI is InChI=1S/C37H41ClF2N4O6S/c1-26-34(42-51(2,46)47)5-3-6-35(26)44(24-28-9-10-29(39)21-33(28)40)23-27-7-11-30(12-8-27)50-31-13-14-32(38)36(22-31)49-25-37(45)41-15-4-16-43-17-19-48-20-18-43/h3,5-14,21-22,42H,4,15-20,23-25H2,1-2H3,(H,41,45). The van der Waals surface area contributed by atoms with Crippen molar-refractivity contribution in [3.63, 3.8) is 0 Å². The van der Waals surface area contributed by atoms with Crippen LogP contribution in [0.25, 0.3) is 0 Å². The van der Waals surface area contributed by atoms with E-state index in [0.29, 0.717) is 52.3 Å². The van der Waals surface area contributed by atoms with Gasteiger partial charge in [-0.15, -0.1) is 0 Å². The van der Waals surface area contributed by atoms with E-state index in [1.165, 1.54) is 12.1 Å². The lowest BCUT2D eigenvalue weighted by molar-refractivity contribution is -0.123. The van der Waals surface area contributed by atoms with Gasteiger partial charge in [0.2, 0.25) is 10.0 Å². The Bertz CT molecular complexity index is 1910. The highest BCUT2D eigenvalue weighted by atomic mass is 35.5. The summed E-state index contributed by atoms with van der Waals surface area (Å²) in [7, 11) is -3.54. The summed E-state index contributed by atoms with van der Waals surface area (Å²) >= 11 is 6.33. The van der Waals surface area contributed by atoms with Crippen LogP contribution in [0, 0.1) is 18.6 Å². The summed E-state index contributed by atoms with van der Waals surface area (Å²) in [5.41, 5.74) is 2.84. The second-order valence-electron chi connectivity index (χ2n) is 12.2. The molecule has 0 unspecified atom stereocenters. The zero-order valence-corrected chi connectivity index (χ0v) is 30.0. The number of hydrogen-bond acceptors (Lipinski definition) is 8. The van der Waals surface area contributed by atoms with Crippen LogP contribution < -0.4 is 24.4 Å². The first-order valence-corrected chi connectivity index (χ1v) is 18.7. The number of morpholine rings is 1. The first kappa shape index (κ1) is 37.8. The van der Waals surface area contributed by atoms with E-state index in [1.807, 2.05) is 23.1 Å². The van der Waals surface area contributed by atoms with Crippen molar-refractivity contribution in [2.75, 3.05) is 61.9 Å². The first-order chi connectivity index (χ1) is 24.4. The third-order valence-electron chi connectivity index (χ3n) is 8.19. The van der Waals surface area contributed by atoms with Crippen molar-refractivity contribution >= 4 is 38.9 Å². The molecule has 1 fully saturated rings. The topological polar surface area (TPSA) is 109 Å². The van der Waals surface area contributed by atoms with Gasteiger partial charge in [0.05, 0.1) is 30.2 Å². The molecular formula is C37H41ClF2N4O6S. The second-order valence-corrected chi connectivity index (χ2v) is 14.4. The molecule has 0 aromatic heterocycles. The minimum absolute atomic E-state index is 0.0908. The number of sulfonamides is 1. The maximum Gasteiger partial charge on any atom is 0.257 e. The number of anilines is 2. The number of carbonyl (C=O) groups excluding carboxylic acids is 1. The van der Waals surface area contributed by atoms with Gasteiger partial charge in [-0.25, -0.2) is 17.2 Å². The van der Waals surface area contributed by atoms with Crippen molar-refractivity contribution in [2.45, 2.75) is 26.4 Å². The van der Waals surface area contributed by atoms with E-state index < -0.39 is 21.7 Å². The normalized spacial score (nSPS) is 13.4. The van der Waals surface area contributed by atoms with Gasteiger partial charge in [0.25, 0.3) is 5.91 Å². The number of benzene rings is 4. The van der Waals surface area contributed by atoms with Gasteiger partial charge in [0.15, 0.2) is 6.61 Å². The molecule has 0 saturated carbocycles. The van der Waals surface area contributed by atoms with E-state index in [0.717, 1.165) is 57.2 Å². The van der Waals surface area contributed by atoms with Crippen molar-refractivity contribution in [3.8, 4) is 17.2 Å². The van der Waals surface area contributed by atoms with Crippen molar-refractivity contribution in [3.05, 3.63) is 112 Å². The maximum atomic E-state index is 14.8. The van der Waals surface area contributed by atoms with Crippen molar-refractivity contribution in [1.29, 1.82) is 0 Å². The quantitative estimate of drug-likeness (QED) is 0.125. The molecule has 1 aliphatic rings. The SMILES string of the molecule is Cc1c(NS(C)(=O)=O)cccc1N(Cc1ccc(Oc2ccc(Cl)c(OCC(=O)NCCCN3CCOCC3)c2)cc1)Cc1ccc(F)cc1F. The number of halogens is 3. The summed E-state index contributed by atoms with van der Waals surface area (Å²) in [5.74, 6) is -0.327. The van der Waals surface area contributed by atoms with Gasteiger partial charge in [0.1, 0.15) is 28.9 Å². The van der Waals surface area contributed by atoms with E-state index >= 15 is 0 Å². The Labute approximate surface area is 302 Å². The highest BCUT2D eigenvalue weighted by Crippen LogP contribution is 2.33. The van der Waals surface area contributed by atoms with Crippen LogP contribution in [-0.4, -0.2) is 71.5 Å². The molecule has 1 amide bonds. The fourth-order valence-corrected chi connectivity index (χ4v) is 6.38. The van der Waals surface area contributed by atoms with Gasteiger partial charge in [-0.1, -0.05) is 35.9 Å². The zero-order valence-electron chi connectivity index (χ0n) is 28.5. The van der Waals surface area contributed by atoms with Crippen LogP contribution in [0.4, 0.5) is 20.2 Å². The molecule has 1 saturated heterocycles. The molecule has 5 rings (SSSR count). The smallest absolute Gasteiger partial charge is 0.257 e. The molecule has 1 heterocycles. The van der Waals surface area contributed by atoms with E-state index in [2.05, 4.69) is 14.9 Å². The number of hydrogen-bond donors (Lipinski definition) is 2. The molecule has 14 heteroatoms. The first-order valence-electron chi connectivity index (χ1n) is 16.5. The number of ether oxygens (including phenoxy) is 3. The second kappa shape index (κ2) is 17.7. The maximum absolute atomic E-state index is 14.8. The summed E-state index contributed by atoms with van der Waals surface area (Å²) in [6.07, 6.45) is 1.90. The van der Waals surface area contributed by atoms with Gasteiger partial charge in [-0.2, -0.15) is 0 Å². The molecule has 4 aromatic carbocycles. The van der Waals surface area contributed by atoms with Crippen LogP contribution in [0.15, 0.2) is 78.9 Å². The summed E-state index contributed by atoms with van der Waals surface area (Å²) in [4.78, 5) is 16.6. The van der Waals surface area contributed by atoms with Crippen LogP contribution in [0.3, 0.4) is 0 Å². The summed E-state index contributed by atoms with van der Waals surface area (Å²) in [5, 5.41) is 3.20. The zero-order chi connectivity index (χ0) is 36.4. The largest absolute Gasteiger partial charge is 0.482 e. The summed E-state index contributed by atoms with van der Waals surface area (Å²) in [6.45, 7) is 6.70. The number of nitrogens with zero attached hydrogens (tertiary/aromatic N) is 2. The van der Waals surface area contributed by atoms with Gasteiger partial charge >= 0.3 is 0 Å². The monoisotopic (exact) mass is 742 g/mol. The molecule has 51 heavy (non-hydrogen) atoms. The predicted octanol–water partition coefficient (Wildman–Crippen LogP) is 6.51. The Hall–Kier alpha value is -4.43. The van der Waals surface area contributed by atoms with Crippen molar-refractivity contribution < 1.29 is 36.2 Å². The molecule has 4 aromatic rings. The van der Waals surface area contributed by atoms with E-state index in [4.69, 9.17) is 25.8 Å². The molecule has 10 nitrogen and oxygen atoms in total. The minimum atomic E-state index is -3.54. The van der Waals surface area contributed by atoms with E-state index in [-0.39, 0.29) is 24.6 Å². The molecule has 0 spiro atoms. The molecule has 0 aliphatic carbocycles. The lowest BCUT2D eigenvalue weighted by Crippen LogP contribution is -2.38. The van der Waals surface area contributed by atoms with Gasteiger partial charge in [-0.3, -0.25) is 14.4 Å². The van der Waals surface area contributed by atoms with Crippen LogP contribution in [-0.2, 0) is 32.6 Å². The number of nitrogens with one attached hydrogen (secondary N) is 2. The Morgan fingerprint density at radius 3 is 2.45 bits per heavy atom. The van der Waals surface area contributed by atoms with Gasteiger partial charge in [-0.05, 0) is 73.5 Å². The predicted molar refractivity (Wildman–Crippen MR) is 194 cm³/mol. The Morgan fingerprint density at radius 1 is 0.980 bits per heavy atom. The Morgan fingerprint density at radius 2 is 1.73 bits per heavy atom. The molecule has 0 bridgehead atoms. The fourth-order valence-electron chi connectivity index (χ4n) is 5.58. The number of amides is 1. The van der Waals surface area contributed by atoms with E-state index in [1.54, 1.807) is 49.4 Å². The average Bonchev–Trinajstić information content (AvgIpc) is 3.09. The lowest BCUT2D eigenvalue weighted by atomic mass is 10.1. The lowest BCUT2D eigenvalue weighted by Gasteiger charge is -2.28. The Balaban J connectivity index is 1.22. The van der Waals surface area contributed by atoms with Crippen LogP contribution in [0.5, 0.6) is 17.2 Å². The highest BCUT2D eigenvalue weighted by Gasteiger charge is 2.18. The highest BCUT2D eigenvalue weighted by molar-refractivity contribution is 7.92. The molecule has 1 aliphatic heterocycles. The molecule has 0 radical (unpaired) electrons. The van der Waals surface area contributed by atoms with Crippen LogP contribution in [0.2, 0.25) is 5.02 Å². The van der Waals surface area contributed by atoms with Crippen molar-refractivity contribution in [2.24, 2.45) is 0 Å². The van der Waals surface area contributed by atoms with Crippen LogP contribution >= 0.6 is 11.6 Å². The van der Waals surface area contributed by atoms with Gasteiger partial charge < -0.3 is 24.4 Å². The number of carbonyl (C=O) groups is 1. The van der Waals surface area contributed by atoms with Crippen molar-refractivity contribution in [1.82, 2.24) is 10.2 Å². The third kappa shape index (κ3) is 11.5. The summed E-state index contributed by atoms with van der Waals surface area (Å²) < 4.78 is 72.0. The van der Waals surface area contributed by atoms with Crippen LogP contribution in [0.1, 0.15) is 23.1 Å². The minimum Gasteiger partial charge on any atom is -0.482 e.